The maximum atomic E-state index is 16.2. The molecule has 1 amide bonds. The van der Waals surface area contributed by atoms with E-state index in [-0.39, 0.29) is 33.9 Å². The number of hydrogen-bond acceptors (Lipinski definition) is 7. The van der Waals surface area contributed by atoms with Gasteiger partial charge in [-0.15, -0.1) is 0 Å². The Balaban J connectivity index is 1.63. The largest absolute Gasteiger partial charge is 0.382 e. The minimum absolute atomic E-state index is 0.0120. The van der Waals surface area contributed by atoms with Crippen molar-refractivity contribution in [3.63, 3.8) is 0 Å². The molecule has 0 atom stereocenters. The summed E-state index contributed by atoms with van der Waals surface area (Å²) in [7, 11) is 1.88. The minimum atomic E-state index is -1.03. The zero-order chi connectivity index (χ0) is 27.0. The van der Waals surface area contributed by atoms with Crippen molar-refractivity contribution in [2.45, 2.75) is 19.9 Å². The maximum absolute atomic E-state index is 16.2. The number of hydrogen-bond donors (Lipinski definition) is 2. The molecule has 0 bridgehead atoms. The van der Waals surface area contributed by atoms with Crippen LogP contribution in [0, 0.1) is 17.6 Å². The number of ether oxygens (including phenoxy) is 1. The molecule has 1 aromatic heterocycles. The van der Waals surface area contributed by atoms with E-state index in [1.807, 2.05) is 18.9 Å². The quantitative estimate of drug-likeness (QED) is 0.508. The smallest absolute Gasteiger partial charge is 0.254 e. The van der Waals surface area contributed by atoms with Crippen molar-refractivity contribution in [3.05, 3.63) is 58.5 Å². The molecule has 3 aromatic rings. The lowest BCUT2D eigenvalue weighted by molar-refractivity contribution is 0.0941. The summed E-state index contributed by atoms with van der Waals surface area (Å²) in [6.45, 7) is 5.62. The van der Waals surface area contributed by atoms with Crippen molar-refractivity contribution >= 4 is 17.4 Å². The van der Waals surface area contributed by atoms with Gasteiger partial charge in [0.2, 0.25) is 5.95 Å². The number of amides is 1. The van der Waals surface area contributed by atoms with Crippen LogP contribution in [0.5, 0.6) is 0 Å². The van der Waals surface area contributed by atoms with Crippen molar-refractivity contribution in [1.82, 2.24) is 20.2 Å². The molecule has 0 saturated carbocycles. The van der Waals surface area contributed by atoms with E-state index >= 15 is 8.78 Å². The third-order valence-corrected chi connectivity index (χ3v) is 7.03. The summed E-state index contributed by atoms with van der Waals surface area (Å²) in [6, 6.07) is 5.96. The fourth-order valence-corrected chi connectivity index (χ4v) is 4.89. The van der Waals surface area contributed by atoms with Crippen molar-refractivity contribution < 1.29 is 22.7 Å². The molecule has 5 rings (SSSR count). The highest BCUT2D eigenvalue weighted by Gasteiger charge is 2.26. The molecule has 2 aliphatic heterocycles. The fourth-order valence-electron chi connectivity index (χ4n) is 4.89. The van der Waals surface area contributed by atoms with E-state index in [2.05, 4.69) is 20.2 Å². The van der Waals surface area contributed by atoms with Crippen molar-refractivity contribution in [2.24, 2.45) is 0 Å². The number of fused-ring (bicyclic) bond motifs is 1. The SMILES string of the molecule is CCN(C)Cc1c(N2CCOCC2)ccc(-c2nc(-c3cc(F)c4c(c3)CCNC4=O)c(N)nc2F)c1F. The molecule has 200 valence electrons. The third kappa shape index (κ3) is 4.79. The molecular formula is C27H29F3N6O2. The van der Waals surface area contributed by atoms with Gasteiger partial charge in [-0.05, 0) is 49.8 Å². The van der Waals surface area contributed by atoms with E-state index in [1.165, 1.54) is 6.07 Å². The summed E-state index contributed by atoms with van der Waals surface area (Å²) >= 11 is 0. The van der Waals surface area contributed by atoms with Gasteiger partial charge in [-0.1, -0.05) is 6.92 Å². The number of rotatable bonds is 6. The molecule has 1 saturated heterocycles. The van der Waals surface area contributed by atoms with E-state index in [0.717, 1.165) is 6.07 Å². The molecule has 11 heteroatoms. The van der Waals surface area contributed by atoms with Gasteiger partial charge in [0.05, 0.1) is 18.8 Å². The zero-order valence-electron chi connectivity index (χ0n) is 21.3. The Morgan fingerprint density at radius 1 is 1.13 bits per heavy atom. The Kier molecular flexibility index (Phi) is 7.22. The topological polar surface area (TPSA) is 96.6 Å². The molecule has 0 aliphatic carbocycles. The van der Waals surface area contributed by atoms with Crippen LogP contribution in [-0.2, 0) is 17.7 Å². The van der Waals surface area contributed by atoms with Gasteiger partial charge >= 0.3 is 0 Å². The fraction of sp³-hybridized carbons (Fsp3) is 0.370. The van der Waals surface area contributed by atoms with Crippen molar-refractivity contribution in [1.29, 1.82) is 0 Å². The molecule has 8 nitrogen and oxygen atoms in total. The summed E-state index contributed by atoms with van der Waals surface area (Å²) in [4.78, 5) is 24.2. The predicted octanol–water partition coefficient (Wildman–Crippen LogP) is 3.38. The lowest BCUT2D eigenvalue weighted by Gasteiger charge is -2.32. The molecule has 1 fully saturated rings. The van der Waals surface area contributed by atoms with Gasteiger partial charge in [0, 0.05) is 48.6 Å². The monoisotopic (exact) mass is 526 g/mol. The first kappa shape index (κ1) is 25.9. The maximum Gasteiger partial charge on any atom is 0.254 e. The van der Waals surface area contributed by atoms with Gasteiger partial charge in [0.25, 0.3) is 5.91 Å². The molecule has 0 radical (unpaired) electrons. The van der Waals surface area contributed by atoms with Crippen LogP contribution in [0.2, 0.25) is 0 Å². The van der Waals surface area contributed by atoms with Crippen molar-refractivity contribution in [2.75, 3.05) is 57.1 Å². The van der Waals surface area contributed by atoms with E-state index in [9.17, 15) is 9.18 Å². The van der Waals surface area contributed by atoms with Crippen LogP contribution >= 0.6 is 0 Å². The standard InChI is InChI=1S/C27H29F3N6O2/c1-3-35(2)14-18-20(36-8-10-38-11-9-36)5-4-17(22(18)29)24-25(30)34-26(31)23(33-24)16-12-15-6-7-32-27(37)21(15)19(28)13-16/h4-5,12-13H,3,6-11,14H2,1-2H3,(H2,31,34)(H,32,37). The second-order valence-electron chi connectivity index (χ2n) is 9.45. The average Bonchev–Trinajstić information content (AvgIpc) is 2.90. The van der Waals surface area contributed by atoms with Crippen LogP contribution in [0.1, 0.15) is 28.4 Å². The van der Waals surface area contributed by atoms with Crippen LogP contribution in [0.15, 0.2) is 24.3 Å². The number of morpholine rings is 1. The lowest BCUT2D eigenvalue weighted by atomic mass is 9.95. The number of nitrogen functional groups attached to an aromatic ring is 1. The Labute approximate surface area is 218 Å². The summed E-state index contributed by atoms with van der Waals surface area (Å²) in [5.74, 6) is -3.14. The Hall–Kier alpha value is -3.70. The Morgan fingerprint density at radius 2 is 1.89 bits per heavy atom. The highest BCUT2D eigenvalue weighted by molar-refractivity contribution is 5.97. The predicted molar refractivity (Wildman–Crippen MR) is 138 cm³/mol. The Morgan fingerprint density at radius 3 is 2.63 bits per heavy atom. The van der Waals surface area contributed by atoms with Gasteiger partial charge in [-0.2, -0.15) is 9.37 Å². The molecule has 0 unspecified atom stereocenters. The molecule has 3 N–H and O–H groups in total. The third-order valence-electron chi connectivity index (χ3n) is 7.03. The molecule has 2 aliphatic rings. The van der Waals surface area contributed by atoms with Crippen LogP contribution in [0.25, 0.3) is 22.5 Å². The summed E-state index contributed by atoms with van der Waals surface area (Å²) in [6.07, 6.45) is 0.416. The molecular weight excluding hydrogens is 497 g/mol. The first-order chi connectivity index (χ1) is 18.3. The van der Waals surface area contributed by atoms with Gasteiger partial charge < -0.3 is 25.6 Å². The van der Waals surface area contributed by atoms with Crippen molar-refractivity contribution in [3.8, 4) is 22.5 Å². The normalized spacial score (nSPS) is 15.5. The first-order valence-corrected chi connectivity index (χ1v) is 12.6. The second kappa shape index (κ2) is 10.6. The number of benzene rings is 2. The lowest BCUT2D eigenvalue weighted by Crippen LogP contribution is -2.37. The number of nitrogens with zero attached hydrogens (tertiary/aromatic N) is 4. The molecule has 38 heavy (non-hydrogen) atoms. The highest BCUT2D eigenvalue weighted by Crippen LogP contribution is 2.36. The molecule has 3 heterocycles. The number of anilines is 2. The summed E-state index contributed by atoms with van der Waals surface area (Å²) < 4.78 is 51.6. The number of nitrogens with two attached hydrogens (primary N) is 1. The zero-order valence-corrected chi connectivity index (χ0v) is 21.3. The number of nitrogens with one attached hydrogen (secondary N) is 1. The Bertz CT molecular complexity index is 1390. The van der Waals surface area contributed by atoms with Crippen LogP contribution in [0.4, 0.5) is 24.7 Å². The first-order valence-electron chi connectivity index (χ1n) is 12.6. The van der Waals surface area contributed by atoms with Crippen LogP contribution in [-0.4, -0.2) is 67.2 Å². The van der Waals surface area contributed by atoms with Gasteiger partial charge in [0.15, 0.2) is 5.82 Å². The van der Waals surface area contributed by atoms with Gasteiger partial charge in [0.1, 0.15) is 23.0 Å². The minimum Gasteiger partial charge on any atom is -0.382 e. The van der Waals surface area contributed by atoms with Crippen LogP contribution < -0.4 is 16.0 Å². The highest BCUT2D eigenvalue weighted by atomic mass is 19.1. The summed E-state index contributed by atoms with van der Waals surface area (Å²) in [5.41, 5.74) is 7.43. The van der Waals surface area contributed by atoms with Gasteiger partial charge in [-0.25, -0.2) is 13.8 Å². The summed E-state index contributed by atoms with van der Waals surface area (Å²) in [5, 5.41) is 2.61. The second-order valence-corrected chi connectivity index (χ2v) is 9.45. The van der Waals surface area contributed by atoms with E-state index < -0.39 is 23.5 Å². The van der Waals surface area contributed by atoms with Crippen LogP contribution in [0.3, 0.4) is 0 Å². The van der Waals surface area contributed by atoms with E-state index in [1.54, 1.807) is 12.1 Å². The van der Waals surface area contributed by atoms with Gasteiger partial charge in [-0.3, -0.25) is 4.79 Å². The molecule has 2 aromatic carbocycles. The number of aromatic nitrogens is 2. The number of halogens is 3. The number of carbonyl (C=O) groups is 1. The molecule has 0 spiro atoms. The van der Waals surface area contributed by atoms with E-state index in [4.69, 9.17) is 10.5 Å². The average molecular weight is 527 g/mol. The van der Waals surface area contributed by atoms with E-state index in [0.29, 0.717) is 69.2 Å². The number of carbonyl (C=O) groups excluding carboxylic acids is 1.